The standard InChI is InChI=1S/C56H97NO3S/c1-4-7-10-12-14-16-18-20-22-24-26-28-30-32-34-37-39-53(38-36-33-31-29-27-25-23-21-19-17-15-13-11-8-5-2)57-54-47-43-51(44-48-54)41-42-52-45-49-55(50-46-52)61(59,60)56(58)40-35-9-6-3/h41-50,53,56-58H,4-40H2,1-3H3. The van der Waals surface area contributed by atoms with Gasteiger partial charge in [-0.1, -0.05) is 269 Å². The van der Waals surface area contributed by atoms with E-state index in [1.807, 2.05) is 18.2 Å². The van der Waals surface area contributed by atoms with Crippen LogP contribution in [0.3, 0.4) is 0 Å². The summed E-state index contributed by atoms with van der Waals surface area (Å²) in [5, 5.41) is 14.2. The fraction of sp³-hybridized carbons (Fsp3) is 0.750. The van der Waals surface area contributed by atoms with E-state index in [2.05, 4.69) is 56.4 Å². The summed E-state index contributed by atoms with van der Waals surface area (Å²) in [6, 6.07) is 16.2. The van der Waals surface area contributed by atoms with Crippen molar-refractivity contribution in [3.8, 4) is 0 Å². The number of nitrogens with one attached hydrogen (secondary N) is 1. The topological polar surface area (TPSA) is 66.4 Å². The van der Waals surface area contributed by atoms with Gasteiger partial charge in [-0.15, -0.1) is 0 Å². The Bertz CT molecular complexity index is 1390. The Morgan fingerprint density at radius 3 is 1.03 bits per heavy atom. The van der Waals surface area contributed by atoms with Gasteiger partial charge in [-0.3, -0.25) is 0 Å². The van der Waals surface area contributed by atoms with Gasteiger partial charge < -0.3 is 10.4 Å². The van der Waals surface area contributed by atoms with Crippen LogP contribution in [0.25, 0.3) is 12.2 Å². The van der Waals surface area contributed by atoms with E-state index >= 15 is 0 Å². The molecule has 0 aromatic heterocycles. The van der Waals surface area contributed by atoms with Crippen molar-refractivity contribution in [3.05, 3.63) is 59.7 Å². The Morgan fingerprint density at radius 2 is 0.689 bits per heavy atom. The largest absolute Gasteiger partial charge is 0.382 e. The van der Waals surface area contributed by atoms with Crippen LogP contribution >= 0.6 is 0 Å². The molecule has 2 atom stereocenters. The van der Waals surface area contributed by atoms with Gasteiger partial charge in [-0.05, 0) is 61.1 Å². The van der Waals surface area contributed by atoms with Crippen LogP contribution < -0.4 is 5.32 Å². The third-order valence-electron chi connectivity index (χ3n) is 12.9. The highest BCUT2D eigenvalue weighted by Crippen LogP contribution is 2.23. The Labute approximate surface area is 379 Å². The Kier molecular flexibility index (Phi) is 34.6. The Hall–Kier alpha value is -2.11. The van der Waals surface area contributed by atoms with Gasteiger partial charge in [0.1, 0.15) is 0 Å². The van der Waals surface area contributed by atoms with Crippen LogP contribution in [-0.2, 0) is 9.84 Å². The number of hydrogen-bond acceptors (Lipinski definition) is 4. The number of anilines is 1. The highest BCUT2D eigenvalue weighted by Gasteiger charge is 2.24. The van der Waals surface area contributed by atoms with Gasteiger partial charge in [0.15, 0.2) is 5.44 Å². The van der Waals surface area contributed by atoms with E-state index < -0.39 is 15.3 Å². The fourth-order valence-corrected chi connectivity index (χ4v) is 10.1. The number of aliphatic hydroxyl groups is 1. The summed E-state index contributed by atoms with van der Waals surface area (Å²) in [7, 11) is -3.73. The van der Waals surface area contributed by atoms with Gasteiger partial charge in [0.25, 0.3) is 0 Å². The SMILES string of the molecule is CCCCCCCCCCCCCCCCCCC(CCCCCCCCCCCCCCCCC)Nc1ccc(C=Cc2ccc(S(=O)(=O)C(O)CCCCC)cc2)cc1. The molecule has 4 nitrogen and oxygen atoms in total. The molecule has 0 saturated carbocycles. The molecule has 350 valence electrons. The zero-order chi connectivity index (χ0) is 43.9. The van der Waals surface area contributed by atoms with Crippen molar-refractivity contribution in [2.45, 2.75) is 275 Å². The Balaban J connectivity index is 1.75. The van der Waals surface area contributed by atoms with Crippen molar-refractivity contribution >= 4 is 27.7 Å². The minimum absolute atomic E-state index is 0.183. The molecular weight excluding hydrogens is 767 g/mol. The number of benzene rings is 2. The lowest BCUT2D eigenvalue weighted by Crippen LogP contribution is -2.20. The molecule has 2 aromatic carbocycles. The van der Waals surface area contributed by atoms with Gasteiger partial charge in [0, 0.05) is 11.7 Å². The van der Waals surface area contributed by atoms with Crippen molar-refractivity contribution in [2.24, 2.45) is 0 Å². The Morgan fingerprint density at radius 1 is 0.410 bits per heavy atom. The zero-order valence-corrected chi connectivity index (χ0v) is 41.1. The zero-order valence-electron chi connectivity index (χ0n) is 40.3. The minimum Gasteiger partial charge on any atom is -0.382 e. The van der Waals surface area contributed by atoms with Crippen LogP contribution in [-0.4, -0.2) is 25.0 Å². The lowest BCUT2D eigenvalue weighted by atomic mass is 9.99. The molecule has 0 radical (unpaired) electrons. The number of hydrogen-bond donors (Lipinski definition) is 2. The van der Waals surface area contributed by atoms with Gasteiger partial charge in [-0.25, -0.2) is 8.42 Å². The number of rotatable bonds is 43. The summed E-state index contributed by atoms with van der Waals surface area (Å²) in [4.78, 5) is 0.183. The number of sulfone groups is 1. The van der Waals surface area contributed by atoms with E-state index in [0.29, 0.717) is 12.5 Å². The summed E-state index contributed by atoms with van der Waals surface area (Å²) in [5.74, 6) is 0. The maximum absolute atomic E-state index is 12.8. The fourth-order valence-electron chi connectivity index (χ4n) is 8.76. The molecule has 0 amide bonds. The molecule has 0 aliphatic carbocycles. The lowest BCUT2D eigenvalue weighted by molar-refractivity contribution is 0.234. The highest BCUT2D eigenvalue weighted by molar-refractivity contribution is 7.91. The second-order valence-corrected chi connectivity index (χ2v) is 20.8. The molecule has 2 unspecified atom stereocenters. The van der Waals surface area contributed by atoms with Crippen molar-refractivity contribution in [3.63, 3.8) is 0 Å². The molecule has 0 fully saturated rings. The van der Waals surface area contributed by atoms with E-state index in [-0.39, 0.29) is 11.3 Å². The van der Waals surface area contributed by atoms with Crippen LogP contribution in [0.4, 0.5) is 5.69 Å². The molecule has 5 heteroatoms. The summed E-state index contributed by atoms with van der Waals surface area (Å²) >= 11 is 0. The third kappa shape index (κ3) is 29.1. The van der Waals surface area contributed by atoms with E-state index in [1.54, 1.807) is 12.1 Å². The smallest absolute Gasteiger partial charge is 0.204 e. The number of aliphatic hydroxyl groups excluding tert-OH is 1. The molecule has 2 N–H and O–H groups in total. The van der Waals surface area contributed by atoms with Crippen LogP contribution in [0.5, 0.6) is 0 Å². The monoisotopic (exact) mass is 864 g/mol. The summed E-state index contributed by atoms with van der Waals surface area (Å²) in [6.07, 6.45) is 53.2. The molecule has 0 heterocycles. The van der Waals surface area contributed by atoms with Crippen molar-refractivity contribution in [2.75, 3.05) is 5.32 Å². The van der Waals surface area contributed by atoms with Crippen LogP contribution in [0.15, 0.2) is 53.4 Å². The third-order valence-corrected chi connectivity index (χ3v) is 14.8. The van der Waals surface area contributed by atoms with E-state index in [9.17, 15) is 13.5 Å². The summed E-state index contributed by atoms with van der Waals surface area (Å²) < 4.78 is 25.6. The molecule has 61 heavy (non-hydrogen) atoms. The number of unbranched alkanes of at least 4 members (excludes halogenated alkanes) is 31. The molecule has 0 saturated heterocycles. The van der Waals surface area contributed by atoms with Gasteiger partial charge in [0.2, 0.25) is 9.84 Å². The average Bonchev–Trinajstić information content (AvgIpc) is 3.27. The van der Waals surface area contributed by atoms with Crippen molar-refractivity contribution in [1.82, 2.24) is 0 Å². The summed E-state index contributed by atoms with van der Waals surface area (Å²) in [5.41, 5.74) is 1.91. The molecule has 0 aliphatic heterocycles. The first kappa shape index (κ1) is 55.0. The molecular formula is C56H97NO3S. The minimum atomic E-state index is -3.73. The van der Waals surface area contributed by atoms with Crippen LogP contribution in [0.2, 0.25) is 0 Å². The van der Waals surface area contributed by atoms with Gasteiger partial charge in [-0.2, -0.15) is 0 Å². The quantitative estimate of drug-likeness (QED) is 0.0515. The first-order chi connectivity index (χ1) is 29.9. The lowest BCUT2D eigenvalue weighted by Gasteiger charge is -2.20. The van der Waals surface area contributed by atoms with Gasteiger partial charge in [0.05, 0.1) is 4.90 Å². The van der Waals surface area contributed by atoms with Crippen LogP contribution in [0.1, 0.15) is 269 Å². The molecule has 0 spiro atoms. The predicted molar refractivity (Wildman–Crippen MR) is 270 cm³/mol. The second kappa shape index (κ2) is 38.4. The maximum atomic E-state index is 12.8. The van der Waals surface area contributed by atoms with E-state index in [4.69, 9.17) is 0 Å². The van der Waals surface area contributed by atoms with E-state index in [0.717, 1.165) is 24.0 Å². The second-order valence-electron chi connectivity index (χ2n) is 18.7. The first-order valence-electron chi connectivity index (χ1n) is 26.5. The maximum Gasteiger partial charge on any atom is 0.204 e. The van der Waals surface area contributed by atoms with Crippen molar-refractivity contribution < 1.29 is 13.5 Å². The molecule has 2 aromatic rings. The summed E-state index contributed by atoms with van der Waals surface area (Å²) in [6.45, 7) is 6.67. The predicted octanol–water partition coefficient (Wildman–Crippen LogP) is 18.2. The average molecular weight is 864 g/mol. The van der Waals surface area contributed by atoms with E-state index in [1.165, 1.54) is 218 Å². The molecule has 2 rings (SSSR count). The van der Waals surface area contributed by atoms with Gasteiger partial charge >= 0.3 is 0 Å². The van der Waals surface area contributed by atoms with Crippen molar-refractivity contribution in [1.29, 1.82) is 0 Å². The normalized spacial score (nSPS) is 13.0. The van der Waals surface area contributed by atoms with Crippen LogP contribution in [0, 0.1) is 0 Å². The molecule has 0 aliphatic rings. The first-order valence-corrected chi connectivity index (χ1v) is 28.0. The highest BCUT2D eigenvalue weighted by atomic mass is 32.2. The molecule has 0 bridgehead atoms.